The summed E-state index contributed by atoms with van der Waals surface area (Å²) in [7, 11) is 0. The zero-order chi connectivity index (χ0) is 2.00. The van der Waals surface area contributed by atoms with E-state index in [1.165, 1.54) is 0 Å². The molecule has 0 fully saturated rings. The van der Waals surface area contributed by atoms with E-state index in [2.05, 4.69) is 0 Å². The summed E-state index contributed by atoms with van der Waals surface area (Å²) in [6, 6.07) is 0. The molecule has 1 nitrogen and oxygen atoms in total. The van der Waals surface area contributed by atoms with Gasteiger partial charge in [-0.2, -0.15) is 0 Å². The fraction of sp³-hybridized carbons (Fsp3) is 0. The first kappa shape index (κ1) is 16.8. The van der Waals surface area contributed by atoms with E-state index in [0.29, 0.717) is 22.5 Å². The van der Waals surface area contributed by atoms with Gasteiger partial charge >= 0.3 is 25.6 Å². The van der Waals surface area contributed by atoms with E-state index in [0.717, 1.165) is 0 Å². The fourth-order valence-electron chi connectivity index (χ4n) is 0. The number of hydrogen-bond donors (Lipinski definition) is 0. The molecule has 0 unspecified atom stereocenters. The van der Waals surface area contributed by atoms with Gasteiger partial charge in [-0.3, -0.25) is 0 Å². The van der Waals surface area contributed by atoms with Crippen LogP contribution in [0.1, 0.15) is 0 Å². The van der Waals surface area contributed by atoms with Crippen LogP contribution in [0, 0.1) is 0 Å². The van der Waals surface area contributed by atoms with Crippen molar-refractivity contribution in [1.82, 2.24) is 0 Å². The van der Waals surface area contributed by atoms with Crippen LogP contribution in [0.4, 0.5) is 0 Å². The average Bonchev–Trinajstić information content (AvgIpc) is 1.00. The van der Waals surface area contributed by atoms with Gasteiger partial charge in [-0.25, -0.2) is 0 Å². The molecule has 0 aliphatic heterocycles. The van der Waals surface area contributed by atoms with E-state index in [9.17, 15) is 0 Å². The summed E-state index contributed by atoms with van der Waals surface area (Å²) in [6.07, 6.45) is 0. The van der Waals surface area contributed by atoms with Crippen LogP contribution in [0.3, 0.4) is 0 Å². The van der Waals surface area contributed by atoms with Gasteiger partial charge in [-0.1, -0.05) is 0 Å². The van der Waals surface area contributed by atoms with Gasteiger partial charge in [0.15, 0.2) is 0 Å². The standard InChI is InChI=1S/Ge.Mg.O.Sn. The van der Waals surface area contributed by atoms with Crippen molar-refractivity contribution in [3.05, 3.63) is 0 Å². The van der Waals surface area contributed by atoms with Crippen molar-refractivity contribution in [2.75, 3.05) is 0 Å². The third kappa shape index (κ3) is 9.08. The summed E-state index contributed by atoms with van der Waals surface area (Å²) in [5.74, 6) is 0. The molecule has 0 bridgehead atoms. The van der Waals surface area contributed by atoms with Crippen molar-refractivity contribution in [2.24, 2.45) is 0 Å². The second kappa shape index (κ2) is 20.6. The topological polar surface area (TPSA) is 17.1 Å². The zero-order valence-corrected chi connectivity index (χ0v) is 8.48. The van der Waals surface area contributed by atoms with Gasteiger partial charge in [0.25, 0.3) is 0 Å². The molecule has 16 valence electrons. The summed E-state index contributed by atoms with van der Waals surface area (Å²) in [5, 5.41) is 0. The number of rotatable bonds is 0. The Balaban J connectivity index is -0.00000000500. The maximum absolute atomic E-state index is 8.34. The Kier molecular flexibility index (Phi) is 86.6. The first-order valence-electron chi connectivity index (χ1n) is 0.204. The SMILES string of the molecule is [Ge].[Mg].[O]=[Sn]. The van der Waals surface area contributed by atoms with Gasteiger partial charge in [-0.05, 0) is 0 Å². The van der Waals surface area contributed by atoms with Gasteiger partial charge in [0.05, 0.1) is 0 Å². The summed E-state index contributed by atoms with van der Waals surface area (Å²) in [5.41, 5.74) is 0. The Hall–Kier alpha value is 1.91. The number of hydrogen-bond acceptors (Lipinski definition) is 1. The van der Waals surface area contributed by atoms with E-state index in [-0.39, 0.29) is 40.6 Å². The van der Waals surface area contributed by atoms with E-state index < -0.39 is 0 Å². The summed E-state index contributed by atoms with van der Waals surface area (Å²) >= 11 is 0.300. The Labute approximate surface area is 65.5 Å². The van der Waals surface area contributed by atoms with E-state index in [4.69, 9.17) is 3.08 Å². The van der Waals surface area contributed by atoms with Crippen molar-refractivity contribution in [1.29, 1.82) is 0 Å². The fourth-order valence-corrected chi connectivity index (χ4v) is 0. The first-order chi connectivity index (χ1) is 1.00. The van der Waals surface area contributed by atoms with Gasteiger partial charge in [-0.15, -0.1) is 0 Å². The van der Waals surface area contributed by atoms with Gasteiger partial charge in [0.1, 0.15) is 0 Å². The maximum atomic E-state index is 8.34. The molecule has 8 radical (unpaired) electrons. The van der Waals surface area contributed by atoms with Crippen LogP contribution in [0.2, 0.25) is 0 Å². The van der Waals surface area contributed by atoms with Crippen LogP contribution in [-0.2, 0) is 3.08 Å². The third-order valence-electron chi connectivity index (χ3n) is 0. The predicted molar refractivity (Wildman–Crippen MR) is 17.9 cm³/mol. The Bertz CT molecular complexity index is 8.00. The molecule has 0 aliphatic rings. The molecule has 0 amide bonds. The minimum absolute atomic E-state index is 0. The van der Waals surface area contributed by atoms with Crippen LogP contribution >= 0.6 is 0 Å². The normalized spacial score (nSPS) is 1.00. The Morgan fingerprint density at radius 1 is 1.25 bits per heavy atom. The minimum atomic E-state index is 0. The molecule has 0 rings (SSSR count). The molecule has 0 aromatic heterocycles. The summed E-state index contributed by atoms with van der Waals surface area (Å²) in [6.45, 7) is 0. The van der Waals surface area contributed by atoms with Crippen molar-refractivity contribution in [3.8, 4) is 0 Å². The van der Waals surface area contributed by atoms with Crippen molar-refractivity contribution < 1.29 is 3.08 Å². The molecule has 4 heavy (non-hydrogen) atoms. The van der Waals surface area contributed by atoms with Crippen molar-refractivity contribution >= 4 is 63.2 Å². The zero-order valence-electron chi connectivity index (χ0n) is 2.12. The van der Waals surface area contributed by atoms with Crippen LogP contribution < -0.4 is 0 Å². The van der Waals surface area contributed by atoms with Gasteiger partial charge < -0.3 is 0 Å². The van der Waals surface area contributed by atoms with Crippen molar-refractivity contribution in [2.45, 2.75) is 0 Å². The molecule has 0 aliphatic carbocycles. The quantitative estimate of drug-likeness (QED) is 0.476. The molecule has 0 spiro atoms. The predicted octanol–water partition coefficient (Wildman–Crippen LogP) is -1.26. The Morgan fingerprint density at radius 2 is 1.25 bits per heavy atom. The van der Waals surface area contributed by atoms with Crippen molar-refractivity contribution in [3.63, 3.8) is 0 Å². The van der Waals surface area contributed by atoms with Crippen LogP contribution in [0.25, 0.3) is 0 Å². The van der Waals surface area contributed by atoms with Gasteiger partial charge in [0.2, 0.25) is 0 Å². The molecular weight excluding hydrogens is 232 g/mol. The second-order valence-electron chi connectivity index (χ2n) is 0. The molecule has 0 atom stereocenters. The molecular formula is GeMgOSn. The molecule has 4 heteroatoms. The molecule has 0 saturated carbocycles. The molecule has 0 aromatic rings. The van der Waals surface area contributed by atoms with E-state index in [1.807, 2.05) is 0 Å². The van der Waals surface area contributed by atoms with Crippen LogP contribution in [0.15, 0.2) is 0 Å². The summed E-state index contributed by atoms with van der Waals surface area (Å²) in [4.78, 5) is 0. The van der Waals surface area contributed by atoms with E-state index in [1.54, 1.807) is 0 Å². The average molecular weight is 232 g/mol. The molecule has 0 saturated heterocycles. The monoisotopic (exact) mass is 234 g/mol. The second-order valence-corrected chi connectivity index (χ2v) is 0. The molecule has 0 aromatic carbocycles. The van der Waals surface area contributed by atoms with Crippen LogP contribution in [0.5, 0.6) is 0 Å². The van der Waals surface area contributed by atoms with E-state index >= 15 is 0 Å². The first-order valence-corrected chi connectivity index (χ1v) is 1.37. The van der Waals surface area contributed by atoms with Gasteiger partial charge in [0, 0.05) is 40.6 Å². The third-order valence-corrected chi connectivity index (χ3v) is 0. The molecule has 0 heterocycles. The summed E-state index contributed by atoms with van der Waals surface area (Å²) < 4.78 is 8.34. The molecule has 0 N–H and O–H groups in total. The Morgan fingerprint density at radius 3 is 1.25 bits per heavy atom. The van der Waals surface area contributed by atoms with Crippen LogP contribution in [-0.4, -0.2) is 63.2 Å².